The monoisotopic (exact) mass is 305 g/mol. The van der Waals surface area contributed by atoms with Gasteiger partial charge in [-0.15, -0.1) is 0 Å². The third-order valence-electron chi connectivity index (χ3n) is 5.85. The fourth-order valence-electron chi connectivity index (χ4n) is 4.18. The smallest absolute Gasteiger partial charge is 0.00674 e. The van der Waals surface area contributed by atoms with Gasteiger partial charge in [0, 0.05) is 6.04 Å². The van der Waals surface area contributed by atoms with Gasteiger partial charge in [-0.25, -0.2) is 0 Å². The van der Waals surface area contributed by atoms with Crippen LogP contribution in [-0.2, 0) is 0 Å². The Kier molecular flexibility index (Phi) is 4.22. The molecule has 2 aromatic carbocycles. The maximum absolute atomic E-state index is 2.69. The van der Waals surface area contributed by atoms with Crippen molar-refractivity contribution in [2.75, 3.05) is 13.1 Å². The van der Waals surface area contributed by atoms with Crippen molar-refractivity contribution in [3.8, 4) is 11.1 Å². The maximum Gasteiger partial charge on any atom is 0.00674 e. The molecule has 1 heterocycles. The van der Waals surface area contributed by atoms with Gasteiger partial charge in [-0.05, 0) is 74.2 Å². The zero-order valence-corrected chi connectivity index (χ0v) is 14.1. The Morgan fingerprint density at radius 3 is 2.39 bits per heavy atom. The number of benzene rings is 2. The summed E-state index contributed by atoms with van der Waals surface area (Å²) in [7, 11) is 0. The topological polar surface area (TPSA) is 3.24 Å². The quantitative estimate of drug-likeness (QED) is 0.721. The fourth-order valence-corrected chi connectivity index (χ4v) is 4.18. The third-order valence-corrected chi connectivity index (χ3v) is 5.85. The number of hydrogen-bond acceptors (Lipinski definition) is 1. The first-order valence-electron chi connectivity index (χ1n) is 9.21. The van der Waals surface area contributed by atoms with Crippen LogP contribution in [0, 0.1) is 5.92 Å². The summed E-state index contributed by atoms with van der Waals surface area (Å²) in [4.78, 5) is 2.69. The molecule has 120 valence electrons. The first-order valence-corrected chi connectivity index (χ1v) is 9.21. The van der Waals surface area contributed by atoms with Crippen LogP contribution in [0.3, 0.4) is 0 Å². The van der Waals surface area contributed by atoms with Gasteiger partial charge in [-0.1, -0.05) is 54.6 Å². The van der Waals surface area contributed by atoms with Gasteiger partial charge in [0.25, 0.3) is 0 Å². The number of hydrogen-bond donors (Lipinski definition) is 0. The van der Waals surface area contributed by atoms with Crippen LogP contribution in [-0.4, -0.2) is 24.0 Å². The van der Waals surface area contributed by atoms with Gasteiger partial charge in [-0.2, -0.15) is 0 Å². The van der Waals surface area contributed by atoms with Crippen molar-refractivity contribution in [2.45, 2.75) is 44.6 Å². The SMILES string of the molecule is CC1CCCN1CC[C@H]1C[C@@H]1c1ccc(-c2ccccc2)cc1. The molecule has 4 rings (SSSR count). The van der Waals surface area contributed by atoms with E-state index in [4.69, 9.17) is 0 Å². The van der Waals surface area contributed by atoms with Crippen LogP contribution in [0.1, 0.15) is 44.1 Å². The minimum Gasteiger partial charge on any atom is -0.301 e. The van der Waals surface area contributed by atoms with Crippen LogP contribution in [0.4, 0.5) is 0 Å². The molecule has 0 amide bonds. The lowest BCUT2D eigenvalue weighted by Gasteiger charge is -2.20. The molecular formula is C22H27N. The van der Waals surface area contributed by atoms with E-state index in [0.29, 0.717) is 0 Å². The van der Waals surface area contributed by atoms with Gasteiger partial charge in [0.15, 0.2) is 0 Å². The molecule has 0 aromatic heterocycles. The van der Waals surface area contributed by atoms with Crippen LogP contribution in [0.5, 0.6) is 0 Å². The van der Waals surface area contributed by atoms with Crippen LogP contribution >= 0.6 is 0 Å². The highest BCUT2D eigenvalue weighted by Gasteiger charge is 2.38. The second-order valence-corrected chi connectivity index (χ2v) is 7.41. The predicted octanol–water partition coefficient (Wildman–Crippen LogP) is 5.33. The summed E-state index contributed by atoms with van der Waals surface area (Å²) in [5, 5.41) is 0. The number of rotatable bonds is 5. The second-order valence-electron chi connectivity index (χ2n) is 7.41. The van der Waals surface area contributed by atoms with Crippen LogP contribution in [0.2, 0.25) is 0 Å². The molecule has 23 heavy (non-hydrogen) atoms. The van der Waals surface area contributed by atoms with Gasteiger partial charge in [0.05, 0.1) is 0 Å². The molecule has 2 fully saturated rings. The van der Waals surface area contributed by atoms with Crippen molar-refractivity contribution in [2.24, 2.45) is 5.92 Å². The Labute approximate surface area is 140 Å². The van der Waals surface area contributed by atoms with Crippen LogP contribution in [0.15, 0.2) is 54.6 Å². The van der Waals surface area contributed by atoms with E-state index in [1.54, 1.807) is 5.56 Å². The lowest BCUT2D eigenvalue weighted by molar-refractivity contribution is 0.260. The Morgan fingerprint density at radius 2 is 1.70 bits per heavy atom. The first-order chi connectivity index (χ1) is 11.3. The highest BCUT2D eigenvalue weighted by atomic mass is 15.2. The molecule has 1 saturated heterocycles. The Hall–Kier alpha value is -1.60. The van der Waals surface area contributed by atoms with Gasteiger partial charge in [0.1, 0.15) is 0 Å². The molecule has 2 aliphatic rings. The van der Waals surface area contributed by atoms with Crippen molar-refractivity contribution in [3.63, 3.8) is 0 Å². The average Bonchev–Trinajstić information content (AvgIpc) is 3.27. The normalized spacial score (nSPS) is 27.3. The summed E-state index contributed by atoms with van der Waals surface area (Å²) in [6.45, 7) is 5.02. The summed E-state index contributed by atoms with van der Waals surface area (Å²) in [5.41, 5.74) is 4.19. The van der Waals surface area contributed by atoms with Crippen molar-refractivity contribution in [1.82, 2.24) is 4.90 Å². The molecule has 1 unspecified atom stereocenters. The molecular weight excluding hydrogens is 278 g/mol. The summed E-state index contributed by atoms with van der Waals surface area (Å²) in [5.74, 6) is 1.74. The number of nitrogens with zero attached hydrogens (tertiary/aromatic N) is 1. The van der Waals surface area contributed by atoms with Crippen LogP contribution < -0.4 is 0 Å². The van der Waals surface area contributed by atoms with E-state index >= 15 is 0 Å². The van der Waals surface area contributed by atoms with E-state index in [9.17, 15) is 0 Å². The number of likely N-dealkylation sites (tertiary alicyclic amines) is 1. The molecule has 0 bridgehead atoms. The predicted molar refractivity (Wildman–Crippen MR) is 97.6 cm³/mol. The zero-order valence-electron chi connectivity index (χ0n) is 14.1. The summed E-state index contributed by atoms with van der Waals surface area (Å²) < 4.78 is 0. The van der Waals surface area contributed by atoms with E-state index in [1.807, 2.05) is 0 Å². The van der Waals surface area contributed by atoms with E-state index in [-0.39, 0.29) is 0 Å². The molecule has 1 heteroatoms. The van der Waals surface area contributed by atoms with E-state index in [0.717, 1.165) is 17.9 Å². The standard InChI is InChI=1S/C22H27N/c1-17-6-5-14-23(17)15-13-21-16-22(21)20-11-9-19(10-12-20)18-7-3-2-4-8-18/h2-4,7-12,17,21-22H,5-6,13-16H2,1H3/t17?,21-,22+/m0/s1. The minimum absolute atomic E-state index is 0.817. The molecule has 3 atom stereocenters. The summed E-state index contributed by atoms with van der Waals surface area (Å²) >= 11 is 0. The summed E-state index contributed by atoms with van der Waals surface area (Å²) in [6.07, 6.45) is 5.58. The molecule has 0 spiro atoms. The minimum atomic E-state index is 0.817. The van der Waals surface area contributed by atoms with Crippen molar-refractivity contribution < 1.29 is 0 Å². The molecule has 1 aliphatic carbocycles. The van der Waals surface area contributed by atoms with E-state index < -0.39 is 0 Å². The average molecular weight is 305 g/mol. The molecule has 0 N–H and O–H groups in total. The highest BCUT2D eigenvalue weighted by Crippen LogP contribution is 2.49. The third kappa shape index (κ3) is 3.35. The fraction of sp³-hybridized carbons (Fsp3) is 0.455. The zero-order chi connectivity index (χ0) is 15.6. The van der Waals surface area contributed by atoms with Crippen LogP contribution in [0.25, 0.3) is 11.1 Å². The molecule has 0 radical (unpaired) electrons. The lowest BCUT2D eigenvalue weighted by atomic mass is 10.0. The lowest BCUT2D eigenvalue weighted by Crippen LogP contribution is -2.28. The van der Waals surface area contributed by atoms with Crippen molar-refractivity contribution >= 4 is 0 Å². The molecule has 1 aliphatic heterocycles. The molecule has 1 nitrogen and oxygen atoms in total. The highest BCUT2D eigenvalue weighted by molar-refractivity contribution is 5.63. The van der Waals surface area contributed by atoms with E-state index in [1.165, 1.54) is 49.9 Å². The Bertz CT molecular complexity index is 631. The van der Waals surface area contributed by atoms with E-state index in [2.05, 4.69) is 66.4 Å². The second kappa shape index (κ2) is 6.49. The van der Waals surface area contributed by atoms with Gasteiger partial charge in [0.2, 0.25) is 0 Å². The Morgan fingerprint density at radius 1 is 0.957 bits per heavy atom. The van der Waals surface area contributed by atoms with Gasteiger partial charge >= 0.3 is 0 Å². The summed E-state index contributed by atoms with van der Waals surface area (Å²) in [6, 6.07) is 20.8. The first kappa shape index (κ1) is 15.0. The van der Waals surface area contributed by atoms with Crippen molar-refractivity contribution in [1.29, 1.82) is 0 Å². The largest absolute Gasteiger partial charge is 0.301 e. The molecule has 2 aromatic rings. The maximum atomic E-state index is 2.69. The van der Waals surface area contributed by atoms with Gasteiger partial charge in [-0.3, -0.25) is 0 Å². The Balaban J connectivity index is 1.33. The molecule has 1 saturated carbocycles. The van der Waals surface area contributed by atoms with Gasteiger partial charge < -0.3 is 4.90 Å². The van der Waals surface area contributed by atoms with Crippen molar-refractivity contribution in [3.05, 3.63) is 60.2 Å².